The highest BCUT2D eigenvalue weighted by molar-refractivity contribution is 5.34. The molecule has 2 fully saturated rings. The smallest absolute Gasteiger partial charge is 0.222 e. The van der Waals surface area contributed by atoms with Crippen molar-refractivity contribution in [2.75, 3.05) is 33.3 Å². The lowest BCUT2D eigenvalue weighted by molar-refractivity contribution is -0.911. The third kappa shape index (κ3) is 3.57. The van der Waals surface area contributed by atoms with Crippen LogP contribution in [0.25, 0.3) is 0 Å². The van der Waals surface area contributed by atoms with Crippen molar-refractivity contribution in [3.63, 3.8) is 0 Å². The van der Waals surface area contributed by atoms with Gasteiger partial charge in [0.2, 0.25) is 5.79 Å². The number of ether oxygens (including phenoxy) is 2. The molecule has 0 aromatic heterocycles. The Morgan fingerprint density at radius 1 is 0.846 bits per heavy atom. The zero-order chi connectivity index (χ0) is 17.9. The van der Waals surface area contributed by atoms with Crippen molar-refractivity contribution in [2.45, 2.75) is 37.6 Å². The monoisotopic (exact) mass is 352 g/mol. The van der Waals surface area contributed by atoms with Crippen LogP contribution < -0.4 is 0 Å². The summed E-state index contributed by atoms with van der Waals surface area (Å²) in [6, 6.07) is 20.7. The van der Waals surface area contributed by atoms with Gasteiger partial charge in [0.05, 0.1) is 26.7 Å². The molecule has 138 valence electrons. The van der Waals surface area contributed by atoms with E-state index in [1.807, 2.05) is 12.1 Å². The van der Waals surface area contributed by atoms with Gasteiger partial charge in [-0.15, -0.1) is 0 Å². The summed E-state index contributed by atoms with van der Waals surface area (Å²) in [7, 11) is 2.39. The molecule has 2 heterocycles. The zero-order valence-electron chi connectivity index (χ0n) is 15.8. The van der Waals surface area contributed by atoms with Gasteiger partial charge in [0.25, 0.3) is 0 Å². The van der Waals surface area contributed by atoms with Crippen LogP contribution in [0, 0.1) is 0 Å². The number of benzene rings is 2. The molecule has 0 N–H and O–H groups in total. The van der Waals surface area contributed by atoms with Gasteiger partial charge in [0, 0.05) is 11.1 Å². The summed E-state index contributed by atoms with van der Waals surface area (Å²) < 4.78 is 14.2. The number of hydrogen-bond donors (Lipinski definition) is 0. The van der Waals surface area contributed by atoms with Crippen molar-refractivity contribution >= 4 is 0 Å². The molecule has 0 amide bonds. The van der Waals surface area contributed by atoms with E-state index in [9.17, 15) is 0 Å². The fraction of sp³-hybridized carbons (Fsp3) is 0.478. The highest BCUT2D eigenvalue weighted by Crippen LogP contribution is 2.41. The molecule has 3 heteroatoms. The van der Waals surface area contributed by atoms with Gasteiger partial charge in [-0.1, -0.05) is 60.7 Å². The summed E-state index contributed by atoms with van der Waals surface area (Å²) in [5.74, 6) is -0.780. The molecule has 0 saturated carbocycles. The molecule has 2 aromatic rings. The SMILES string of the molecule is C[N+]1(CC2COC(c3ccccc3)(c3ccccc3)O2)CCCCCC1. The molecule has 0 aliphatic carbocycles. The zero-order valence-corrected chi connectivity index (χ0v) is 15.8. The van der Waals surface area contributed by atoms with E-state index in [-0.39, 0.29) is 6.10 Å². The van der Waals surface area contributed by atoms with Gasteiger partial charge in [-0.3, -0.25) is 0 Å². The lowest BCUT2D eigenvalue weighted by Crippen LogP contribution is -2.50. The second-order valence-corrected chi connectivity index (χ2v) is 8.06. The van der Waals surface area contributed by atoms with Crippen molar-refractivity contribution in [3.8, 4) is 0 Å². The maximum atomic E-state index is 6.69. The summed E-state index contributed by atoms with van der Waals surface area (Å²) >= 11 is 0. The molecule has 2 aliphatic heterocycles. The molecule has 3 nitrogen and oxygen atoms in total. The Hall–Kier alpha value is -1.68. The van der Waals surface area contributed by atoms with E-state index in [2.05, 4.69) is 55.6 Å². The molecule has 4 rings (SSSR count). The first-order valence-electron chi connectivity index (χ1n) is 9.97. The van der Waals surface area contributed by atoms with Crippen LogP contribution in [0.2, 0.25) is 0 Å². The fourth-order valence-corrected chi connectivity index (χ4v) is 4.51. The highest BCUT2D eigenvalue weighted by Gasteiger charge is 2.46. The Morgan fingerprint density at radius 3 is 1.92 bits per heavy atom. The molecule has 1 unspecified atom stereocenters. The van der Waals surface area contributed by atoms with Gasteiger partial charge in [-0.05, 0) is 25.7 Å². The first-order chi connectivity index (χ1) is 12.7. The van der Waals surface area contributed by atoms with Crippen molar-refractivity contribution in [1.82, 2.24) is 0 Å². The summed E-state index contributed by atoms with van der Waals surface area (Å²) in [6.45, 7) is 4.19. The van der Waals surface area contributed by atoms with Crippen LogP contribution in [0.1, 0.15) is 36.8 Å². The van der Waals surface area contributed by atoms with Crippen molar-refractivity contribution in [1.29, 1.82) is 0 Å². The Balaban J connectivity index is 1.59. The van der Waals surface area contributed by atoms with Gasteiger partial charge in [0.1, 0.15) is 12.6 Å². The van der Waals surface area contributed by atoms with Crippen molar-refractivity contribution in [3.05, 3.63) is 71.8 Å². The molecular formula is C23H30NO2+. The Bertz CT molecular complexity index is 653. The number of hydrogen-bond acceptors (Lipinski definition) is 2. The molecule has 26 heavy (non-hydrogen) atoms. The van der Waals surface area contributed by atoms with Gasteiger partial charge in [0.15, 0.2) is 0 Å². The minimum atomic E-state index is -0.780. The molecule has 2 aliphatic rings. The third-order valence-electron chi connectivity index (χ3n) is 5.90. The quantitative estimate of drug-likeness (QED) is 0.763. The molecule has 1 atom stereocenters. The number of rotatable bonds is 4. The molecule has 0 bridgehead atoms. The van der Waals surface area contributed by atoms with E-state index in [4.69, 9.17) is 9.47 Å². The number of likely N-dealkylation sites (tertiary alicyclic amines) is 1. The Kier molecular flexibility index (Phi) is 5.12. The third-order valence-corrected chi connectivity index (χ3v) is 5.90. The minimum Gasteiger partial charge on any atom is -0.339 e. The van der Waals surface area contributed by atoms with Crippen LogP contribution in [0.5, 0.6) is 0 Å². The van der Waals surface area contributed by atoms with Crippen LogP contribution in [0.3, 0.4) is 0 Å². The van der Waals surface area contributed by atoms with E-state index >= 15 is 0 Å². The average molecular weight is 352 g/mol. The molecule has 0 spiro atoms. The van der Waals surface area contributed by atoms with Crippen LogP contribution in [0.15, 0.2) is 60.7 Å². The maximum absolute atomic E-state index is 6.69. The molecule has 2 saturated heterocycles. The average Bonchev–Trinajstić information content (AvgIpc) is 2.99. The van der Waals surface area contributed by atoms with E-state index in [1.54, 1.807) is 0 Å². The second kappa shape index (κ2) is 7.51. The number of nitrogens with zero attached hydrogens (tertiary/aromatic N) is 1. The van der Waals surface area contributed by atoms with Crippen molar-refractivity contribution < 1.29 is 14.0 Å². The first kappa shape index (κ1) is 17.7. The van der Waals surface area contributed by atoms with Gasteiger partial charge in [-0.2, -0.15) is 0 Å². The largest absolute Gasteiger partial charge is 0.339 e. The van der Waals surface area contributed by atoms with Crippen LogP contribution in [-0.4, -0.2) is 43.9 Å². The first-order valence-corrected chi connectivity index (χ1v) is 9.97. The molecular weight excluding hydrogens is 322 g/mol. The Morgan fingerprint density at radius 2 is 1.38 bits per heavy atom. The molecule has 2 aromatic carbocycles. The lowest BCUT2D eigenvalue weighted by Gasteiger charge is -2.36. The normalized spacial score (nSPS) is 24.9. The van der Waals surface area contributed by atoms with E-state index < -0.39 is 5.79 Å². The van der Waals surface area contributed by atoms with Gasteiger partial charge >= 0.3 is 0 Å². The van der Waals surface area contributed by atoms with Crippen LogP contribution in [-0.2, 0) is 15.3 Å². The predicted octanol–water partition coefficient (Wildman–Crippen LogP) is 4.32. The fourth-order valence-electron chi connectivity index (χ4n) is 4.51. The lowest BCUT2D eigenvalue weighted by atomic mass is 9.97. The molecule has 0 radical (unpaired) electrons. The summed E-state index contributed by atoms with van der Waals surface area (Å²) in [4.78, 5) is 0. The van der Waals surface area contributed by atoms with E-state index in [1.165, 1.54) is 38.8 Å². The number of quaternary nitrogens is 1. The minimum absolute atomic E-state index is 0.124. The standard InChI is InChI=1S/C23H30NO2/c1-24(16-10-2-3-11-17-24)18-22-19-25-23(26-22,20-12-6-4-7-13-20)21-14-8-5-9-15-21/h4-9,12-15,22H,2-3,10-11,16-19H2,1H3/q+1. The van der Waals surface area contributed by atoms with Crippen molar-refractivity contribution in [2.24, 2.45) is 0 Å². The Labute approximate surface area is 157 Å². The van der Waals surface area contributed by atoms with Crippen LogP contribution >= 0.6 is 0 Å². The second-order valence-electron chi connectivity index (χ2n) is 8.06. The van der Waals surface area contributed by atoms with Gasteiger partial charge < -0.3 is 14.0 Å². The van der Waals surface area contributed by atoms with E-state index in [0.717, 1.165) is 22.2 Å². The maximum Gasteiger partial charge on any atom is 0.222 e. The van der Waals surface area contributed by atoms with Crippen LogP contribution in [0.4, 0.5) is 0 Å². The topological polar surface area (TPSA) is 18.5 Å². The van der Waals surface area contributed by atoms with Gasteiger partial charge in [-0.25, -0.2) is 0 Å². The summed E-state index contributed by atoms with van der Waals surface area (Å²) in [5.41, 5.74) is 2.15. The number of likely N-dealkylation sites (N-methyl/N-ethyl adjacent to an activating group) is 1. The highest BCUT2D eigenvalue weighted by atomic mass is 16.7. The summed E-state index contributed by atoms with van der Waals surface area (Å²) in [6.07, 6.45) is 5.51. The predicted molar refractivity (Wildman–Crippen MR) is 104 cm³/mol. The summed E-state index contributed by atoms with van der Waals surface area (Å²) in [5, 5.41) is 0. The van der Waals surface area contributed by atoms with E-state index in [0.29, 0.717) is 6.61 Å².